The molecule has 1 aromatic carbocycles. The van der Waals surface area contributed by atoms with Gasteiger partial charge in [-0.3, -0.25) is 0 Å². The molecule has 1 aromatic heterocycles. The van der Waals surface area contributed by atoms with Crippen LogP contribution in [0.5, 0.6) is 0 Å². The summed E-state index contributed by atoms with van der Waals surface area (Å²) in [7, 11) is 1.66. The summed E-state index contributed by atoms with van der Waals surface area (Å²) < 4.78 is 30.3. The highest BCUT2D eigenvalue weighted by molar-refractivity contribution is 5.59. The van der Waals surface area contributed by atoms with Crippen molar-refractivity contribution in [3.63, 3.8) is 0 Å². The van der Waals surface area contributed by atoms with E-state index >= 15 is 0 Å². The highest BCUT2D eigenvalue weighted by Gasteiger charge is 2.48. The maximum Gasteiger partial charge on any atom is 0.223 e. The van der Waals surface area contributed by atoms with Crippen LogP contribution in [0.3, 0.4) is 0 Å². The lowest BCUT2D eigenvalue weighted by Crippen LogP contribution is -2.36. The molecule has 4 atom stereocenters. The second kappa shape index (κ2) is 6.43. The first-order valence-electron chi connectivity index (χ1n) is 7.86. The Labute approximate surface area is 139 Å². The van der Waals surface area contributed by atoms with Gasteiger partial charge in [-0.1, -0.05) is 12.1 Å². The lowest BCUT2D eigenvalue weighted by molar-refractivity contribution is -0.00757. The number of hydrogen-bond donors (Lipinski definition) is 1. The Morgan fingerprint density at radius 2 is 2.08 bits per heavy atom. The summed E-state index contributed by atoms with van der Waals surface area (Å²) >= 11 is 0. The number of benzene rings is 1. The van der Waals surface area contributed by atoms with Gasteiger partial charge in [0.2, 0.25) is 5.95 Å². The molecule has 0 saturated carbocycles. The maximum absolute atomic E-state index is 13.4. The molecule has 4 unspecified atom stereocenters. The van der Waals surface area contributed by atoms with Crippen LogP contribution < -0.4 is 5.32 Å². The molecule has 1 N–H and O–H groups in total. The van der Waals surface area contributed by atoms with Crippen LogP contribution in [0.4, 0.5) is 10.3 Å². The number of nitrogens with zero attached hydrogens (tertiary/aromatic N) is 2. The molecule has 7 heteroatoms. The third-order valence-electron chi connectivity index (χ3n) is 4.40. The van der Waals surface area contributed by atoms with Gasteiger partial charge in [-0.2, -0.15) is 0 Å². The van der Waals surface area contributed by atoms with Crippen LogP contribution in [-0.2, 0) is 14.2 Å². The Kier molecular flexibility index (Phi) is 4.13. The second-order valence-electron chi connectivity index (χ2n) is 5.90. The van der Waals surface area contributed by atoms with Crippen molar-refractivity contribution >= 4 is 5.95 Å². The minimum Gasteiger partial charge on any atom is -0.376 e. The van der Waals surface area contributed by atoms with Gasteiger partial charge in [-0.05, 0) is 18.2 Å². The standard InChI is InChI=1S/C17H18FN3O3/c1-22-14-9-24-15-13(8-23-16(14)15)21-17-19-6-5-12(20-17)10-3-2-4-11(18)7-10/h2-7,13-16H,8-9H2,1H3,(H,19,20,21). The zero-order valence-electron chi connectivity index (χ0n) is 13.2. The molecule has 2 aliphatic heterocycles. The van der Waals surface area contributed by atoms with E-state index in [9.17, 15) is 4.39 Å². The fourth-order valence-corrected chi connectivity index (χ4v) is 3.19. The predicted molar refractivity (Wildman–Crippen MR) is 85.1 cm³/mol. The van der Waals surface area contributed by atoms with E-state index in [1.54, 1.807) is 25.4 Å². The van der Waals surface area contributed by atoms with Gasteiger partial charge >= 0.3 is 0 Å². The zero-order chi connectivity index (χ0) is 16.5. The molecule has 2 aromatic rings. The molecule has 2 aliphatic rings. The van der Waals surface area contributed by atoms with Crippen LogP contribution >= 0.6 is 0 Å². The summed E-state index contributed by atoms with van der Waals surface area (Å²) in [6, 6.07) is 8.03. The fourth-order valence-electron chi connectivity index (χ4n) is 3.19. The van der Waals surface area contributed by atoms with Gasteiger partial charge in [-0.25, -0.2) is 14.4 Å². The van der Waals surface area contributed by atoms with E-state index in [1.807, 2.05) is 6.07 Å². The Morgan fingerprint density at radius 3 is 2.92 bits per heavy atom. The van der Waals surface area contributed by atoms with Crippen molar-refractivity contribution in [3.8, 4) is 11.3 Å². The summed E-state index contributed by atoms with van der Waals surface area (Å²) in [6.07, 6.45) is 1.45. The van der Waals surface area contributed by atoms with E-state index in [-0.39, 0.29) is 30.2 Å². The van der Waals surface area contributed by atoms with Crippen molar-refractivity contribution in [1.82, 2.24) is 9.97 Å². The number of methoxy groups -OCH3 is 1. The Balaban J connectivity index is 1.51. The first-order valence-corrected chi connectivity index (χ1v) is 7.86. The van der Waals surface area contributed by atoms with Crippen LogP contribution in [-0.4, -0.2) is 54.6 Å². The van der Waals surface area contributed by atoms with Crippen LogP contribution in [0.2, 0.25) is 0 Å². The van der Waals surface area contributed by atoms with Gasteiger partial charge < -0.3 is 19.5 Å². The van der Waals surface area contributed by atoms with E-state index in [1.165, 1.54) is 12.1 Å². The summed E-state index contributed by atoms with van der Waals surface area (Å²) in [4.78, 5) is 8.72. The van der Waals surface area contributed by atoms with Crippen LogP contribution in [0, 0.1) is 5.82 Å². The molecule has 126 valence electrons. The fraction of sp³-hybridized carbons (Fsp3) is 0.412. The van der Waals surface area contributed by atoms with Crippen molar-refractivity contribution in [2.75, 3.05) is 25.6 Å². The second-order valence-corrected chi connectivity index (χ2v) is 5.90. The van der Waals surface area contributed by atoms with E-state index < -0.39 is 0 Å². The average Bonchev–Trinajstić information content (AvgIpc) is 3.18. The Hall–Kier alpha value is -2.09. The molecule has 0 amide bonds. The molecule has 2 fully saturated rings. The minimum absolute atomic E-state index is 0.0404. The summed E-state index contributed by atoms with van der Waals surface area (Å²) in [6.45, 7) is 1.02. The Bertz CT molecular complexity index is 730. The molecule has 3 heterocycles. The maximum atomic E-state index is 13.4. The van der Waals surface area contributed by atoms with Gasteiger partial charge in [-0.15, -0.1) is 0 Å². The largest absolute Gasteiger partial charge is 0.376 e. The van der Waals surface area contributed by atoms with Crippen molar-refractivity contribution in [2.45, 2.75) is 24.4 Å². The SMILES string of the molecule is COC1COC2C(Nc3nccc(-c4cccc(F)c4)n3)COC12. The van der Waals surface area contributed by atoms with Gasteiger partial charge in [0.05, 0.1) is 24.9 Å². The Morgan fingerprint density at radius 1 is 1.21 bits per heavy atom. The van der Waals surface area contributed by atoms with Crippen LogP contribution in [0.25, 0.3) is 11.3 Å². The molecule has 6 nitrogen and oxygen atoms in total. The third-order valence-corrected chi connectivity index (χ3v) is 4.40. The molecule has 4 rings (SSSR count). The quantitative estimate of drug-likeness (QED) is 0.923. The van der Waals surface area contributed by atoms with E-state index in [2.05, 4.69) is 15.3 Å². The number of aromatic nitrogens is 2. The molecule has 2 saturated heterocycles. The number of nitrogens with one attached hydrogen (secondary N) is 1. The number of halogens is 1. The van der Waals surface area contributed by atoms with E-state index in [0.29, 0.717) is 30.4 Å². The van der Waals surface area contributed by atoms with Crippen molar-refractivity contribution < 1.29 is 18.6 Å². The van der Waals surface area contributed by atoms with Crippen LogP contribution in [0.15, 0.2) is 36.5 Å². The monoisotopic (exact) mass is 331 g/mol. The molecule has 0 spiro atoms. The molecule has 0 bridgehead atoms. The minimum atomic E-state index is -0.294. The predicted octanol–water partition coefficient (Wildman–Crippen LogP) is 1.88. The molecule has 0 aliphatic carbocycles. The smallest absolute Gasteiger partial charge is 0.223 e. The topological polar surface area (TPSA) is 65.5 Å². The van der Waals surface area contributed by atoms with Crippen molar-refractivity contribution in [2.24, 2.45) is 0 Å². The van der Waals surface area contributed by atoms with Gasteiger partial charge in [0.1, 0.15) is 24.1 Å². The number of rotatable bonds is 4. The van der Waals surface area contributed by atoms with Gasteiger partial charge in [0.25, 0.3) is 0 Å². The van der Waals surface area contributed by atoms with Crippen LogP contribution in [0.1, 0.15) is 0 Å². The number of fused-ring (bicyclic) bond motifs is 1. The van der Waals surface area contributed by atoms with E-state index in [4.69, 9.17) is 14.2 Å². The first kappa shape index (κ1) is 15.4. The normalized spacial score (nSPS) is 28.8. The molecule has 24 heavy (non-hydrogen) atoms. The highest BCUT2D eigenvalue weighted by Crippen LogP contribution is 2.30. The van der Waals surface area contributed by atoms with Crippen molar-refractivity contribution in [3.05, 3.63) is 42.3 Å². The number of anilines is 1. The third kappa shape index (κ3) is 2.86. The number of ether oxygens (including phenoxy) is 3. The molecule has 0 radical (unpaired) electrons. The van der Waals surface area contributed by atoms with Gasteiger partial charge in [0.15, 0.2) is 0 Å². The highest BCUT2D eigenvalue weighted by atomic mass is 19.1. The van der Waals surface area contributed by atoms with Crippen molar-refractivity contribution in [1.29, 1.82) is 0 Å². The first-order chi connectivity index (χ1) is 11.7. The molecular weight excluding hydrogens is 313 g/mol. The molecular formula is C17H18FN3O3. The summed E-state index contributed by atoms with van der Waals surface area (Å²) in [5.74, 6) is 0.174. The van der Waals surface area contributed by atoms with Gasteiger partial charge in [0, 0.05) is 18.9 Å². The summed E-state index contributed by atoms with van der Waals surface area (Å²) in [5.41, 5.74) is 1.36. The lowest BCUT2D eigenvalue weighted by atomic mass is 10.1. The number of hydrogen-bond acceptors (Lipinski definition) is 6. The summed E-state index contributed by atoms with van der Waals surface area (Å²) in [5, 5.41) is 3.26. The lowest BCUT2D eigenvalue weighted by Gasteiger charge is -2.17. The zero-order valence-corrected chi connectivity index (χ0v) is 13.2. The van der Waals surface area contributed by atoms with E-state index in [0.717, 1.165) is 0 Å². The average molecular weight is 331 g/mol.